The lowest BCUT2D eigenvalue weighted by atomic mass is 9.95. The Morgan fingerprint density at radius 1 is 0.938 bits per heavy atom. The number of nitrogens with one attached hydrogen (secondary N) is 1. The number of benzene rings is 3. The molecule has 1 amide bonds. The summed E-state index contributed by atoms with van der Waals surface area (Å²) in [6.45, 7) is 0.116. The summed E-state index contributed by atoms with van der Waals surface area (Å²) >= 11 is 0. The minimum Gasteiger partial charge on any atom is -0.497 e. The van der Waals surface area contributed by atoms with Crippen LogP contribution >= 0.6 is 0 Å². The van der Waals surface area contributed by atoms with E-state index in [1.165, 1.54) is 23.5 Å². The van der Waals surface area contributed by atoms with Crippen molar-refractivity contribution in [1.29, 1.82) is 0 Å². The molecule has 0 bridgehead atoms. The molecular weight excluding hydrogens is 428 g/mol. The Bertz CT molecular complexity index is 1230. The molecule has 0 saturated heterocycles. The Morgan fingerprint density at radius 3 is 2.31 bits per heavy atom. The lowest BCUT2D eigenvalue weighted by Gasteiger charge is -2.35. The number of hydrogen-bond acceptors (Lipinski definition) is 5. The van der Waals surface area contributed by atoms with E-state index < -0.39 is 22.0 Å². The van der Waals surface area contributed by atoms with Gasteiger partial charge in [-0.25, -0.2) is 8.42 Å². The Balaban J connectivity index is 1.70. The van der Waals surface area contributed by atoms with Crippen molar-refractivity contribution in [3.63, 3.8) is 0 Å². The van der Waals surface area contributed by atoms with Crippen molar-refractivity contribution >= 4 is 21.6 Å². The highest BCUT2D eigenvalue weighted by molar-refractivity contribution is 7.89. The van der Waals surface area contributed by atoms with Crippen LogP contribution in [0.5, 0.6) is 11.5 Å². The highest BCUT2D eigenvalue weighted by Gasteiger charge is 2.39. The molecule has 166 valence electrons. The second-order valence-corrected chi connectivity index (χ2v) is 9.30. The summed E-state index contributed by atoms with van der Waals surface area (Å²) in [7, 11) is -0.862. The minimum atomic E-state index is -3.90. The van der Waals surface area contributed by atoms with Crippen LogP contribution < -0.4 is 14.8 Å². The van der Waals surface area contributed by atoms with Gasteiger partial charge >= 0.3 is 0 Å². The first-order valence-corrected chi connectivity index (χ1v) is 11.5. The number of hydrogen-bond donors (Lipinski definition) is 1. The van der Waals surface area contributed by atoms with Gasteiger partial charge in [0.2, 0.25) is 15.9 Å². The molecule has 1 heterocycles. The zero-order valence-electron chi connectivity index (χ0n) is 17.8. The Labute approximate surface area is 187 Å². The fourth-order valence-corrected chi connectivity index (χ4v) is 5.41. The van der Waals surface area contributed by atoms with Crippen LogP contribution in [0, 0.1) is 0 Å². The van der Waals surface area contributed by atoms with Crippen molar-refractivity contribution in [3.05, 3.63) is 83.9 Å². The SMILES string of the molecule is COc1ccc(NC(=O)C2Cc3ccccc3CN2S(=O)(=O)c2ccccc2)c(OC)c1. The van der Waals surface area contributed by atoms with Crippen molar-refractivity contribution in [2.45, 2.75) is 23.9 Å². The molecule has 3 aromatic carbocycles. The summed E-state index contributed by atoms with van der Waals surface area (Å²) in [6, 6.07) is 19.9. The van der Waals surface area contributed by atoms with Crippen molar-refractivity contribution in [1.82, 2.24) is 4.31 Å². The standard InChI is InChI=1S/C24H24N2O5S/c1-30-19-12-13-21(23(15-19)31-2)25-24(27)22-14-17-8-6-7-9-18(17)16-26(22)32(28,29)20-10-4-3-5-11-20/h3-13,15,22H,14,16H2,1-2H3,(H,25,27). The zero-order valence-corrected chi connectivity index (χ0v) is 18.6. The van der Waals surface area contributed by atoms with Gasteiger partial charge in [0.15, 0.2) is 0 Å². The lowest BCUT2D eigenvalue weighted by molar-refractivity contribution is -0.120. The Kier molecular flexibility index (Phi) is 6.16. The van der Waals surface area contributed by atoms with E-state index in [2.05, 4.69) is 5.32 Å². The number of sulfonamides is 1. The highest BCUT2D eigenvalue weighted by atomic mass is 32.2. The summed E-state index contributed by atoms with van der Waals surface area (Å²) in [4.78, 5) is 13.5. The molecular formula is C24H24N2O5S. The average molecular weight is 453 g/mol. The minimum absolute atomic E-state index is 0.116. The van der Waals surface area contributed by atoms with Gasteiger partial charge in [-0.3, -0.25) is 4.79 Å². The number of nitrogens with zero attached hydrogens (tertiary/aromatic N) is 1. The van der Waals surface area contributed by atoms with Crippen molar-refractivity contribution in [2.75, 3.05) is 19.5 Å². The molecule has 0 aromatic heterocycles. The first kappa shape index (κ1) is 21.9. The van der Waals surface area contributed by atoms with Gasteiger partial charge in [0.05, 0.1) is 24.8 Å². The largest absolute Gasteiger partial charge is 0.497 e. The van der Waals surface area contributed by atoms with Gasteiger partial charge in [-0.05, 0) is 41.8 Å². The number of amides is 1. The molecule has 4 rings (SSSR count). The van der Waals surface area contributed by atoms with Gasteiger partial charge in [0.1, 0.15) is 17.5 Å². The number of anilines is 1. The fourth-order valence-electron chi connectivity index (χ4n) is 3.82. The van der Waals surface area contributed by atoms with E-state index in [0.717, 1.165) is 11.1 Å². The van der Waals surface area contributed by atoms with E-state index in [-0.39, 0.29) is 17.9 Å². The fraction of sp³-hybridized carbons (Fsp3) is 0.208. The topological polar surface area (TPSA) is 84.9 Å². The van der Waals surface area contributed by atoms with Crippen LogP contribution in [0.4, 0.5) is 5.69 Å². The van der Waals surface area contributed by atoms with Gasteiger partial charge in [-0.2, -0.15) is 4.31 Å². The van der Waals surface area contributed by atoms with Crippen LogP contribution in [0.2, 0.25) is 0 Å². The lowest BCUT2D eigenvalue weighted by Crippen LogP contribution is -2.50. The quantitative estimate of drug-likeness (QED) is 0.619. The zero-order chi connectivity index (χ0) is 22.7. The van der Waals surface area contributed by atoms with Crippen molar-refractivity contribution in [3.8, 4) is 11.5 Å². The molecule has 1 aliphatic rings. The van der Waals surface area contributed by atoms with Gasteiger partial charge in [0.25, 0.3) is 0 Å². The summed E-state index contributed by atoms with van der Waals surface area (Å²) in [5.41, 5.74) is 2.28. The van der Waals surface area contributed by atoms with Gasteiger partial charge in [0, 0.05) is 12.6 Å². The molecule has 32 heavy (non-hydrogen) atoms. The molecule has 1 N–H and O–H groups in total. The number of rotatable bonds is 6. The maximum absolute atomic E-state index is 13.5. The Morgan fingerprint density at radius 2 is 1.62 bits per heavy atom. The number of ether oxygens (including phenoxy) is 2. The third kappa shape index (κ3) is 4.19. The van der Waals surface area contributed by atoms with Crippen LogP contribution in [0.25, 0.3) is 0 Å². The molecule has 1 atom stereocenters. The average Bonchev–Trinajstić information content (AvgIpc) is 2.83. The van der Waals surface area contributed by atoms with Crippen LogP contribution in [-0.4, -0.2) is 38.9 Å². The normalized spacial score (nSPS) is 16.1. The molecule has 1 aliphatic heterocycles. The third-order valence-electron chi connectivity index (χ3n) is 5.52. The molecule has 0 fully saturated rings. The molecule has 3 aromatic rings. The molecule has 8 heteroatoms. The van der Waals surface area contributed by atoms with Crippen LogP contribution in [0.3, 0.4) is 0 Å². The van der Waals surface area contributed by atoms with Crippen LogP contribution in [0.1, 0.15) is 11.1 Å². The Hall–Kier alpha value is -3.36. The van der Waals surface area contributed by atoms with E-state index in [9.17, 15) is 13.2 Å². The number of carbonyl (C=O) groups is 1. The van der Waals surface area contributed by atoms with Crippen molar-refractivity contribution < 1.29 is 22.7 Å². The molecule has 0 aliphatic carbocycles. The van der Waals surface area contributed by atoms with E-state index in [0.29, 0.717) is 17.2 Å². The predicted octanol–water partition coefficient (Wildman–Crippen LogP) is 3.46. The summed E-state index contributed by atoms with van der Waals surface area (Å²) in [5, 5.41) is 2.84. The van der Waals surface area contributed by atoms with E-state index >= 15 is 0 Å². The van der Waals surface area contributed by atoms with E-state index in [4.69, 9.17) is 9.47 Å². The van der Waals surface area contributed by atoms with E-state index in [1.807, 2.05) is 24.3 Å². The van der Waals surface area contributed by atoms with Crippen LogP contribution in [-0.2, 0) is 27.8 Å². The highest BCUT2D eigenvalue weighted by Crippen LogP contribution is 2.32. The third-order valence-corrected chi connectivity index (χ3v) is 7.39. The maximum Gasteiger partial charge on any atom is 0.244 e. The molecule has 0 spiro atoms. The second kappa shape index (κ2) is 9.02. The van der Waals surface area contributed by atoms with Crippen LogP contribution in [0.15, 0.2) is 77.7 Å². The van der Waals surface area contributed by atoms with Crippen molar-refractivity contribution in [2.24, 2.45) is 0 Å². The summed E-state index contributed by atoms with van der Waals surface area (Å²) < 4.78 is 38.8. The first-order valence-electron chi connectivity index (χ1n) is 10.1. The molecule has 7 nitrogen and oxygen atoms in total. The smallest absolute Gasteiger partial charge is 0.244 e. The first-order chi connectivity index (χ1) is 15.4. The van der Waals surface area contributed by atoms with E-state index in [1.54, 1.807) is 43.5 Å². The predicted molar refractivity (Wildman–Crippen MR) is 121 cm³/mol. The monoisotopic (exact) mass is 452 g/mol. The summed E-state index contributed by atoms with van der Waals surface area (Å²) in [5.74, 6) is 0.577. The number of methoxy groups -OCH3 is 2. The second-order valence-electron chi connectivity index (χ2n) is 7.41. The van der Waals surface area contributed by atoms with Gasteiger partial charge in [-0.15, -0.1) is 0 Å². The summed E-state index contributed by atoms with van der Waals surface area (Å²) in [6.07, 6.45) is 0.270. The van der Waals surface area contributed by atoms with Gasteiger partial charge in [-0.1, -0.05) is 42.5 Å². The molecule has 0 saturated carbocycles. The number of fused-ring (bicyclic) bond motifs is 1. The molecule has 1 unspecified atom stereocenters. The van der Waals surface area contributed by atoms with Gasteiger partial charge < -0.3 is 14.8 Å². The number of carbonyl (C=O) groups excluding carboxylic acids is 1. The maximum atomic E-state index is 13.5. The molecule has 0 radical (unpaired) electrons.